The Bertz CT molecular complexity index is 974. The topological polar surface area (TPSA) is 145 Å². The Kier molecular flexibility index (Phi) is 4.82. The van der Waals surface area contributed by atoms with Gasteiger partial charge in [0.15, 0.2) is 17.2 Å². The summed E-state index contributed by atoms with van der Waals surface area (Å²) in [4.78, 5) is 24.7. The molecule has 0 bridgehead atoms. The molecule has 140 valence electrons. The minimum absolute atomic E-state index is 0.0685. The van der Waals surface area contributed by atoms with Crippen molar-refractivity contribution in [3.8, 4) is 0 Å². The van der Waals surface area contributed by atoms with Gasteiger partial charge in [0.1, 0.15) is 10.8 Å². The van der Waals surface area contributed by atoms with E-state index in [0.29, 0.717) is 11.5 Å². The van der Waals surface area contributed by atoms with Crippen LogP contribution in [0.5, 0.6) is 0 Å². The zero-order chi connectivity index (χ0) is 18.8. The van der Waals surface area contributed by atoms with Gasteiger partial charge in [-0.25, -0.2) is 15.0 Å². The molecule has 0 aromatic carbocycles. The highest BCUT2D eigenvalue weighted by atomic mass is 32.1. The third-order valence-electron chi connectivity index (χ3n) is 4.65. The lowest BCUT2D eigenvalue weighted by molar-refractivity contribution is 0.0996. The number of primary amides is 1. The summed E-state index contributed by atoms with van der Waals surface area (Å²) in [6.45, 7) is 0. The van der Waals surface area contributed by atoms with E-state index in [9.17, 15) is 4.79 Å². The van der Waals surface area contributed by atoms with Crippen molar-refractivity contribution in [2.45, 2.75) is 37.8 Å². The van der Waals surface area contributed by atoms with Crippen LogP contribution in [0.15, 0.2) is 24.5 Å². The Morgan fingerprint density at radius 2 is 2.11 bits per heavy atom. The molecule has 4 rings (SSSR count). The lowest BCUT2D eigenvalue weighted by atomic mass is 9.91. The number of carbonyl (C=O) groups excluding carboxylic acids is 1. The normalized spacial score (nSPS) is 19.7. The first-order chi connectivity index (χ1) is 13.1. The van der Waals surface area contributed by atoms with E-state index in [1.165, 1.54) is 17.7 Å². The smallest absolute Gasteiger partial charge is 0.271 e. The lowest BCUT2D eigenvalue weighted by Gasteiger charge is -2.29. The highest BCUT2D eigenvalue weighted by Gasteiger charge is 2.23. The van der Waals surface area contributed by atoms with Gasteiger partial charge in [-0.2, -0.15) is 4.37 Å². The van der Waals surface area contributed by atoms with Crippen LogP contribution in [0.2, 0.25) is 0 Å². The number of hydrogen-bond donors (Lipinski definition) is 4. The van der Waals surface area contributed by atoms with Gasteiger partial charge in [0.25, 0.3) is 5.91 Å². The van der Waals surface area contributed by atoms with Crippen molar-refractivity contribution >= 4 is 45.1 Å². The van der Waals surface area contributed by atoms with Gasteiger partial charge in [-0.1, -0.05) is 12.8 Å². The van der Waals surface area contributed by atoms with E-state index in [4.69, 9.17) is 11.5 Å². The van der Waals surface area contributed by atoms with E-state index < -0.39 is 5.91 Å². The van der Waals surface area contributed by atoms with Crippen molar-refractivity contribution in [1.29, 1.82) is 0 Å². The van der Waals surface area contributed by atoms with Gasteiger partial charge in [-0.05, 0) is 36.5 Å². The van der Waals surface area contributed by atoms with Crippen LogP contribution in [0.25, 0.3) is 11.0 Å². The molecule has 1 aliphatic carbocycles. The summed E-state index contributed by atoms with van der Waals surface area (Å²) in [6.07, 6.45) is 7.43. The molecule has 0 radical (unpaired) electrons. The fraction of sp³-hybridized carbons (Fsp3) is 0.353. The van der Waals surface area contributed by atoms with Gasteiger partial charge in [0.05, 0.1) is 11.6 Å². The molecule has 1 fully saturated rings. The maximum absolute atomic E-state index is 11.8. The number of aromatic nitrogens is 4. The summed E-state index contributed by atoms with van der Waals surface area (Å²) >= 11 is 1.24. The molecule has 0 spiro atoms. The minimum atomic E-state index is -0.655. The van der Waals surface area contributed by atoms with Crippen molar-refractivity contribution in [3.05, 3.63) is 30.2 Å². The van der Waals surface area contributed by atoms with Crippen molar-refractivity contribution in [2.24, 2.45) is 11.5 Å². The molecule has 1 aliphatic rings. The molecular weight excluding hydrogens is 364 g/mol. The van der Waals surface area contributed by atoms with Crippen LogP contribution < -0.4 is 22.1 Å². The van der Waals surface area contributed by atoms with Crippen LogP contribution in [-0.2, 0) is 0 Å². The second-order valence-electron chi connectivity index (χ2n) is 6.53. The van der Waals surface area contributed by atoms with Gasteiger partial charge in [0, 0.05) is 18.3 Å². The third kappa shape index (κ3) is 3.67. The molecule has 9 nitrogen and oxygen atoms in total. The summed E-state index contributed by atoms with van der Waals surface area (Å²) in [5.41, 5.74) is 12.4. The number of rotatable bonds is 5. The van der Waals surface area contributed by atoms with E-state index in [1.807, 2.05) is 12.1 Å². The van der Waals surface area contributed by atoms with E-state index in [-0.39, 0.29) is 23.6 Å². The zero-order valence-corrected chi connectivity index (χ0v) is 15.4. The molecular formula is C17H20N8OS. The summed E-state index contributed by atoms with van der Waals surface area (Å²) < 4.78 is 4.29. The van der Waals surface area contributed by atoms with Crippen LogP contribution in [-0.4, -0.2) is 37.3 Å². The SMILES string of the molecule is NC(=O)c1ncc(NC2CCCCC2N)nc1Nc1snc2ncccc12. The molecule has 1 amide bonds. The Balaban J connectivity index is 1.64. The summed E-state index contributed by atoms with van der Waals surface area (Å²) in [7, 11) is 0. The third-order valence-corrected chi connectivity index (χ3v) is 5.41. The first-order valence-corrected chi connectivity index (χ1v) is 9.55. The van der Waals surface area contributed by atoms with Crippen LogP contribution >= 0.6 is 11.5 Å². The second kappa shape index (κ2) is 7.41. The molecule has 2 atom stereocenters. The largest absolute Gasteiger partial charge is 0.364 e. The number of nitrogens with zero attached hydrogens (tertiary/aromatic N) is 4. The lowest BCUT2D eigenvalue weighted by Crippen LogP contribution is -2.42. The van der Waals surface area contributed by atoms with E-state index >= 15 is 0 Å². The molecule has 2 unspecified atom stereocenters. The molecule has 0 aliphatic heterocycles. The summed E-state index contributed by atoms with van der Waals surface area (Å²) in [6, 6.07) is 3.93. The highest BCUT2D eigenvalue weighted by molar-refractivity contribution is 7.11. The Hall–Kier alpha value is -2.85. The van der Waals surface area contributed by atoms with Crippen molar-refractivity contribution < 1.29 is 4.79 Å². The highest BCUT2D eigenvalue weighted by Crippen LogP contribution is 2.30. The molecule has 0 saturated heterocycles. The van der Waals surface area contributed by atoms with E-state index in [0.717, 1.165) is 36.1 Å². The number of anilines is 3. The van der Waals surface area contributed by atoms with Crippen LogP contribution in [0.3, 0.4) is 0 Å². The van der Waals surface area contributed by atoms with E-state index in [1.54, 1.807) is 6.20 Å². The standard InChI is InChI=1S/C17H20N8OS/c18-10-5-1-2-6-11(10)22-12-8-21-13(14(19)26)16(23-12)24-17-9-4-3-7-20-15(9)25-27-17/h3-4,7-8,10-11H,1-2,5-6,18H2,(H2,19,26)(H2,22,23,24). The van der Waals surface area contributed by atoms with Gasteiger partial charge in [-0.3, -0.25) is 4.79 Å². The summed E-state index contributed by atoms with van der Waals surface area (Å²) in [5, 5.41) is 8.04. The Labute approximate surface area is 159 Å². The molecule has 10 heteroatoms. The van der Waals surface area contributed by atoms with Gasteiger partial charge < -0.3 is 22.1 Å². The minimum Gasteiger partial charge on any atom is -0.364 e. The Morgan fingerprint density at radius 1 is 1.26 bits per heavy atom. The number of carbonyl (C=O) groups is 1. The average Bonchev–Trinajstić information content (AvgIpc) is 3.07. The number of nitrogens with one attached hydrogen (secondary N) is 2. The van der Waals surface area contributed by atoms with Crippen molar-refractivity contribution in [1.82, 2.24) is 19.3 Å². The number of amides is 1. The molecule has 6 N–H and O–H groups in total. The molecule has 3 aromatic heterocycles. The van der Waals surface area contributed by atoms with Crippen molar-refractivity contribution in [2.75, 3.05) is 10.6 Å². The number of pyridine rings is 1. The quantitative estimate of drug-likeness (QED) is 0.523. The Morgan fingerprint density at radius 3 is 2.93 bits per heavy atom. The predicted octanol–water partition coefficient (Wildman–Crippen LogP) is 2.01. The molecule has 3 heterocycles. The maximum Gasteiger partial charge on any atom is 0.271 e. The van der Waals surface area contributed by atoms with Crippen LogP contribution in [0.4, 0.5) is 16.6 Å². The fourth-order valence-corrected chi connectivity index (χ4v) is 3.96. The number of fused-ring (bicyclic) bond motifs is 1. The molecule has 1 saturated carbocycles. The molecule has 27 heavy (non-hydrogen) atoms. The fourth-order valence-electron chi connectivity index (χ4n) is 3.24. The average molecular weight is 384 g/mol. The first-order valence-electron chi connectivity index (χ1n) is 8.78. The first kappa shape index (κ1) is 17.6. The number of hydrogen-bond acceptors (Lipinski definition) is 9. The predicted molar refractivity (Wildman–Crippen MR) is 105 cm³/mol. The number of nitrogens with two attached hydrogens (primary N) is 2. The maximum atomic E-state index is 11.8. The van der Waals surface area contributed by atoms with Gasteiger partial charge in [-0.15, -0.1) is 0 Å². The summed E-state index contributed by atoms with van der Waals surface area (Å²) in [5.74, 6) is 0.181. The van der Waals surface area contributed by atoms with Crippen LogP contribution in [0, 0.1) is 0 Å². The van der Waals surface area contributed by atoms with E-state index in [2.05, 4.69) is 30.0 Å². The molecule has 3 aromatic rings. The van der Waals surface area contributed by atoms with Gasteiger partial charge in [0.2, 0.25) is 0 Å². The second-order valence-corrected chi connectivity index (χ2v) is 7.30. The van der Waals surface area contributed by atoms with Gasteiger partial charge >= 0.3 is 0 Å². The monoisotopic (exact) mass is 384 g/mol. The zero-order valence-electron chi connectivity index (χ0n) is 14.6. The van der Waals surface area contributed by atoms with Crippen molar-refractivity contribution in [3.63, 3.8) is 0 Å². The van der Waals surface area contributed by atoms with Crippen LogP contribution in [0.1, 0.15) is 36.2 Å².